The number of anilines is 1. The van der Waals surface area contributed by atoms with E-state index in [2.05, 4.69) is 34.0 Å². The quantitative estimate of drug-likeness (QED) is 0.784. The molecule has 0 unspecified atom stereocenters. The number of carbonyl (C=O) groups is 1. The lowest BCUT2D eigenvalue weighted by atomic mass is 9.89. The van der Waals surface area contributed by atoms with Crippen LogP contribution in [-0.4, -0.2) is 34.7 Å². The van der Waals surface area contributed by atoms with Crippen molar-refractivity contribution in [2.75, 3.05) is 18.4 Å². The Morgan fingerprint density at radius 3 is 2.42 bits per heavy atom. The summed E-state index contributed by atoms with van der Waals surface area (Å²) in [4.78, 5) is 12.2. The molecule has 19 heavy (non-hydrogen) atoms. The van der Waals surface area contributed by atoms with Gasteiger partial charge in [-0.15, -0.1) is 0 Å². The second kappa shape index (κ2) is 5.65. The minimum Gasteiger partial charge on any atom is -0.465 e. The molecule has 0 radical (unpaired) electrons. The van der Waals surface area contributed by atoms with E-state index < -0.39 is 11.6 Å². The normalized spacial score (nSPS) is 17.6. The molecule has 1 aromatic rings. The van der Waals surface area contributed by atoms with Crippen molar-refractivity contribution >= 4 is 34.4 Å². The Labute approximate surface area is 125 Å². The van der Waals surface area contributed by atoms with Crippen molar-refractivity contribution in [2.45, 2.75) is 18.4 Å². The summed E-state index contributed by atoms with van der Waals surface area (Å²) < 4.78 is 1.13. The van der Waals surface area contributed by atoms with Gasteiger partial charge in [0.15, 0.2) is 0 Å². The molecule has 0 aliphatic carbocycles. The zero-order valence-corrected chi connectivity index (χ0v) is 12.4. The number of hydrogen-bond donors (Lipinski definition) is 2. The fourth-order valence-electron chi connectivity index (χ4n) is 2.15. The number of hydrogen-bond acceptors (Lipinski definition) is 3. The average molecular weight is 371 g/mol. The first-order valence-corrected chi connectivity index (χ1v) is 7.05. The van der Waals surface area contributed by atoms with Gasteiger partial charge >= 0.3 is 6.09 Å². The van der Waals surface area contributed by atoms with Gasteiger partial charge in [0, 0.05) is 35.2 Å². The fraction of sp³-hybridized carbons (Fsp3) is 0.385. The lowest BCUT2D eigenvalue weighted by molar-refractivity contribution is 0.128. The lowest BCUT2D eigenvalue weighted by Crippen LogP contribution is -2.49. The molecule has 1 aliphatic heterocycles. The molecular weight excluding hydrogens is 357 g/mol. The highest BCUT2D eigenvalue weighted by Crippen LogP contribution is 2.27. The van der Waals surface area contributed by atoms with Crippen LogP contribution >= 0.6 is 22.6 Å². The van der Waals surface area contributed by atoms with Crippen LogP contribution in [0.2, 0.25) is 0 Å². The third-order valence-corrected chi connectivity index (χ3v) is 4.05. The summed E-state index contributed by atoms with van der Waals surface area (Å²) in [6, 6.07) is 10.1. The van der Waals surface area contributed by atoms with Gasteiger partial charge in [-0.1, -0.05) is 0 Å². The van der Waals surface area contributed by atoms with Crippen LogP contribution < -0.4 is 5.32 Å². The number of piperidine rings is 1. The van der Waals surface area contributed by atoms with Gasteiger partial charge in [-0.3, -0.25) is 0 Å². The topological polar surface area (TPSA) is 76.4 Å². The second-order valence-electron chi connectivity index (χ2n) is 4.60. The number of nitrogens with zero attached hydrogens (tertiary/aromatic N) is 2. The number of carboxylic acid groups (broad SMARTS) is 1. The van der Waals surface area contributed by atoms with Gasteiger partial charge in [-0.2, -0.15) is 5.26 Å². The van der Waals surface area contributed by atoms with Crippen LogP contribution in [0.25, 0.3) is 0 Å². The Balaban J connectivity index is 2.07. The fourth-order valence-corrected chi connectivity index (χ4v) is 2.51. The van der Waals surface area contributed by atoms with E-state index in [-0.39, 0.29) is 0 Å². The molecule has 0 aromatic heterocycles. The molecule has 1 aliphatic rings. The summed E-state index contributed by atoms with van der Waals surface area (Å²) in [5.41, 5.74) is 0.226. The van der Waals surface area contributed by atoms with Gasteiger partial charge in [-0.05, 0) is 46.9 Å². The molecule has 1 heterocycles. The lowest BCUT2D eigenvalue weighted by Gasteiger charge is -2.37. The van der Waals surface area contributed by atoms with Crippen molar-refractivity contribution in [2.24, 2.45) is 0 Å². The van der Waals surface area contributed by atoms with Gasteiger partial charge < -0.3 is 15.3 Å². The maximum absolute atomic E-state index is 10.9. The van der Waals surface area contributed by atoms with E-state index in [1.807, 2.05) is 24.3 Å². The molecule has 0 spiro atoms. The van der Waals surface area contributed by atoms with Crippen LogP contribution in [0, 0.1) is 14.9 Å². The summed E-state index contributed by atoms with van der Waals surface area (Å²) >= 11 is 2.23. The Morgan fingerprint density at radius 2 is 1.95 bits per heavy atom. The third kappa shape index (κ3) is 3.29. The van der Waals surface area contributed by atoms with E-state index in [0.717, 1.165) is 9.26 Å². The van der Waals surface area contributed by atoms with E-state index in [9.17, 15) is 10.1 Å². The molecule has 1 amide bonds. The molecule has 0 atom stereocenters. The summed E-state index contributed by atoms with van der Waals surface area (Å²) in [5.74, 6) is 0. The summed E-state index contributed by atoms with van der Waals surface area (Å²) in [6.07, 6.45) is 0.0876. The summed E-state index contributed by atoms with van der Waals surface area (Å²) in [7, 11) is 0. The van der Waals surface area contributed by atoms with E-state index >= 15 is 0 Å². The Hall–Kier alpha value is -1.49. The van der Waals surface area contributed by atoms with Crippen LogP contribution in [-0.2, 0) is 0 Å². The van der Waals surface area contributed by atoms with Gasteiger partial charge in [-0.25, -0.2) is 4.79 Å². The molecule has 6 heteroatoms. The zero-order valence-electron chi connectivity index (χ0n) is 10.3. The highest BCUT2D eigenvalue weighted by Gasteiger charge is 2.36. The predicted octanol–water partition coefficient (Wildman–Crippen LogP) is 2.74. The summed E-state index contributed by atoms with van der Waals surface area (Å²) in [5, 5.41) is 21.6. The van der Waals surface area contributed by atoms with Gasteiger partial charge in [0.2, 0.25) is 0 Å². The SMILES string of the molecule is N#CC1(Nc2ccc(I)cc2)CCN(C(=O)O)CC1. The van der Waals surface area contributed by atoms with Crippen molar-refractivity contribution in [3.05, 3.63) is 27.8 Å². The molecule has 100 valence electrons. The van der Waals surface area contributed by atoms with Crippen molar-refractivity contribution < 1.29 is 9.90 Å². The van der Waals surface area contributed by atoms with Crippen molar-refractivity contribution in [1.82, 2.24) is 4.90 Å². The largest absolute Gasteiger partial charge is 0.465 e. The molecule has 2 rings (SSSR count). The number of likely N-dealkylation sites (tertiary alicyclic amines) is 1. The number of benzene rings is 1. The van der Waals surface area contributed by atoms with Crippen molar-refractivity contribution in [1.29, 1.82) is 5.26 Å². The number of halogens is 1. The average Bonchev–Trinajstić information content (AvgIpc) is 2.42. The number of rotatable bonds is 2. The first kappa shape index (κ1) is 13.9. The van der Waals surface area contributed by atoms with Crippen molar-refractivity contribution in [3.63, 3.8) is 0 Å². The molecule has 5 nitrogen and oxygen atoms in total. The molecule has 1 fully saturated rings. The van der Waals surface area contributed by atoms with E-state index in [1.54, 1.807) is 0 Å². The molecule has 1 saturated heterocycles. The summed E-state index contributed by atoms with van der Waals surface area (Å²) in [6.45, 7) is 0.778. The second-order valence-corrected chi connectivity index (χ2v) is 5.84. The van der Waals surface area contributed by atoms with E-state index in [1.165, 1.54) is 4.90 Å². The maximum Gasteiger partial charge on any atom is 0.407 e. The Bertz CT molecular complexity index is 502. The predicted molar refractivity (Wildman–Crippen MR) is 80.0 cm³/mol. The van der Waals surface area contributed by atoms with Gasteiger partial charge in [0.25, 0.3) is 0 Å². The molecule has 2 N–H and O–H groups in total. The van der Waals surface area contributed by atoms with Crippen LogP contribution in [0.5, 0.6) is 0 Å². The monoisotopic (exact) mass is 371 g/mol. The van der Waals surface area contributed by atoms with Crippen LogP contribution in [0.4, 0.5) is 10.5 Å². The van der Waals surface area contributed by atoms with E-state index in [4.69, 9.17) is 5.11 Å². The maximum atomic E-state index is 10.9. The number of amides is 1. The van der Waals surface area contributed by atoms with Crippen LogP contribution in [0.1, 0.15) is 12.8 Å². The first-order chi connectivity index (χ1) is 9.04. The third-order valence-electron chi connectivity index (χ3n) is 3.33. The standard InChI is InChI=1S/C13H14IN3O2/c14-10-1-3-11(4-2-10)16-13(9-15)5-7-17(8-6-13)12(18)19/h1-4,16H,5-8H2,(H,18,19). The molecule has 0 bridgehead atoms. The van der Waals surface area contributed by atoms with Gasteiger partial charge in [0.05, 0.1) is 6.07 Å². The molecule has 0 saturated carbocycles. The van der Waals surface area contributed by atoms with E-state index in [0.29, 0.717) is 25.9 Å². The smallest absolute Gasteiger partial charge is 0.407 e. The number of nitriles is 1. The minimum atomic E-state index is -0.916. The molecule has 1 aromatic carbocycles. The van der Waals surface area contributed by atoms with Crippen LogP contribution in [0.15, 0.2) is 24.3 Å². The molecular formula is C13H14IN3O2. The van der Waals surface area contributed by atoms with Crippen LogP contribution in [0.3, 0.4) is 0 Å². The highest BCUT2D eigenvalue weighted by atomic mass is 127. The Morgan fingerprint density at radius 1 is 1.37 bits per heavy atom. The van der Waals surface area contributed by atoms with Gasteiger partial charge in [0.1, 0.15) is 5.54 Å². The Kier molecular flexibility index (Phi) is 4.14. The minimum absolute atomic E-state index is 0.389. The number of nitrogens with one attached hydrogen (secondary N) is 1. The zero-order chi connectivity index (χ0) is 13.9. The first-order valence-electron chi connectivity index (χ1n) is 5.97. The van der Waals surface area contributed by atoms with Crippen molar-refractivity contribution in [3.8, 4) is 6.07 Å². The highest BCUT2D eigenvalue weighted by molar-refractivity contribution is 14.1.